The average Bonchev–Trinajstić information content (AvgIpc) is 2.53. The van der Waals surface area contributed by atoms with Crippen molar-refractivity contribution < 1.29 is 4.79 Å². The molecule has 0 saturated heterocycles. The summed E-state index contributed by atoms with van der Waals surface area (Å²) >= 11 is 0. The molecule has 2 rings (SSSR count). The summed E-state index contributed by atoms with van der Waals surface area (Å²) in [5.74, 6) is 0.968. The van der Waals surface area contributed by atoms with E-state index in [0.717, 1.165) is 12.4 Å². The number of nitrogens with zero attached hydrogens (tertiary/aromatic N) is 3. The molecule has 0 fully saturated rings. The van der Waals surface area contributed by atoms with Crippen LogP contribution in [0.4, 0.5) is 5.82 Å². The van der Waals surface area contributed by atoms with E-state index in [-0.39, 0.29) is 5.91 Å². The van der Waals surface area contributed by atoms with Gasteiger partial charge in [0.2, 0.25) is 0 Å². The van der Waals surface area contributed by atoms with Gasteiger partial charge in [-0.25, -0.2) is 0 Å². The minimum atomic E-state index is -0.182. The van der Waals surface area contributed by atoms with Gasteiger partial charge in [0.05, 0.1) is 0 Å². The zero-order chi connectivity index (χ0) is 15.9. The number of aromatic nitrogens is 2. The molecule has 116 valence electrons. The molecule has 1 heterocycles. The first kappa shape index (κ1) is 15.9. The maximum absolute atomic E-state index is 11.9. The lowest BCUT2D eigenvalue weighted by atomic mass is 10.2. The Labute approximate surface area is 131 Å². The van der Waals surface area contributed by atoms with E-state index in [1.165, 1.54) is 5.56 Å². The number of benzene rings is 1. The number of anilines is 1. The molecule has 1 amide bonds. The van der Waals surface area contributed by atoms with Crippen molar-refractivity contribution in [3.63, 3.8) is 0 Å². The number of carbonyl (C=O) groups excluding carboxylic acids is 1. The molecule has 1 N–H and O–H groups in total. The van der Waals surface area contributed by atoms with Crippen molar-refractivity contribution in [3.8, 4) is 0 Å². The number of nitrogens with one attached hydrogen (secondary N) is 1. The highest BCUT2D eigenvalue weighted by atomic mass is 16.1. The van der Waals surface area contributed by atoms with Crippen molar-refractivity contribution in [2.75, 3.05) is 18.5 Å². The molecule has 0 atom stereocenters. The lowest BCUT2D eigenvalue weighted by Gasteiger charge is -2.17. The molecular formula is C17H22N4O. The Bertz CT molecular complexity index is 596. The van der Waals surface area contributed by atoms with Crippen molar-refractivity contribution in [1.29, 1.82) is 0 Å². The highest BCUT2D eigenvalue weighted by Crippen LogP contribution is 2.11. The van der Waals surface area contributed by atoms with Gasteiger partial charge >= 0.3 is 0 Å². The van der Waals surface area contributed by atoms with Crippen LogP contribution in [-0.2, 0) is 6.54 Å². The molecule has 0 aliphatic carbocycles. The monoisotopic (exact) mass is 298 g/mol. The van der Waals surface area contributed by atoms with Crippen LogP contribution in [0.2, 0.25) is 0 Å². The summed E-state index contributed by atoms with van der Waals surface area (Å²) in [5, 5.41) is 11.0. The lowest BCUT2D eigenvalue weighted by molar-refractivity contribution is 0.0943. The standard InChI is InChI=1S/C17H22N4O/c1-13(2)11-18-17(22)15-9-10-16(20-19-15)21(3)12-14-7-5-4-6-8-14/h4-10,13H,11-12H2,1-3H3,(H,18,22). The Morgan fingerprint density at radius 1 is 1.14 bits per heavy atom. The number of amides is 1. The highest BCUT2D eigenvalue weighted by Gasteiger charge is 2.10. The van der Waals surface area contributed by atoms with Crippen LogP contribution in [0.25, 0.3) is 0 Å². The zero-order valence-corrected chi connectivity index (χ0v) is 13.3. The van der Waals surface area contributed by atoms with Crippen molar-refractivity contribution in [2.24, 2.45) is 5.92 Å². The Morgan fingerprint density at radius 2 is 1.86 bits per heavy atom. The van der Waals surface area contributed by atoms with Crippen molar-refractivity contribution in [2.45, 2.75) is 20.4 Å². The summed E-state index contributed by atoms with van der Waals surface area (Å²) in [4.78, 5) is 13.9. The van der Waals surface area contributed by atoms with Gasteiger partial charge in [-0.15, -0.1) is 10.2 Å². The van der Waals surface area contributed by atoms with Gasteiger partial charge in [-0.05, 0) is 23.6 Å². The van der Waals surface area contributed by atoms with Crippen LogP contribution in [0.1, 0.15) is 29.9 Å². The molecule has 0 aliphatic heterocycles. The van der Waals surface area contributed by atoms with E-state index in [2.05, 4.69) is 27.6 Å². The molecule has 0 bridgehead atoms. The molecule has 5 heteroatoms. The van der Waals surface area contributed by atoms with Gasteiger partial charge < -0.3 is 10.2 Å². The molecule has 0 spiro atoms. The molecule has 1 aromatic carbocycles. The van der Waals surface area contributed by atoms with E-state index in [0.29, 0.717) is 18.2 Å². The van der Waals surface area contributed by atoms with Gasteiger partial charge in [0, 0.05) is 20.1 Å². The SMILES string of the molecule is CC(C)CNC(=O)c1ccc(N(C)Cc2ccccc2)nn1. The molecule has 0 aliphatic rings. The number of rotatable bonds is 6. The van der Waals surface area contributed by atoms with Gasteiger partial charge in [0.1, 0.15) is 0 Å². The first-order valence-electron chi connectivity index (χ1n) is 7.43. The predicted octanol–water partition coefficient (Wildman–Crippen LogP) is 2.50. The fourth-order valence-electron chi connectivity index (χ4n) is 1.98. The minimum Gasteiger partial charge on any atom is -0.354 e. The van der Waals surface area contributed by atoms with E-state index >= 15 is 0 Å². The number of hydrogen-bond acceptors (Lipinski definition) is 4. The molecule has 2 aromatic rings. The summed E-state index contributed by atoms with van der Waals surface area (Å²) in [6, 6.07) is 13.7. The zero-order valence-electron chi connectivity index (χ0n) is 13.3. The molecular weight excluding hydrogens is 276 g/mol. The normalized spacial score (nSPS) is 10.5. The summed E-state index contributed by atoms with van der Waals surface area (Å²) in [7, 11) is 1.95. The van der Waals surface area contributed by atoms with Crippen molar-refractivity contribution in [3.05, 3.63) is 53.7 Å². The van der Waals surface area contributed by atoms with Gasteiger partial charge in [-0.3, -0.25) is 4.79 Å². The van der Waals surface area contributed by atoms with Crippen molar-refractivity contribution in [1.82, 2.24) is 15.5 Å². The van der Waals surface area contributed by atoms with Crippen LogP contribution in [0.3, 0.4) is 0 Å². The fourth-order valence-corrected chi connectivity index (χ4v) is 1.98. The van der Waals surface area contributed by atoms with Crippen LogP contribution >= 0.6 is 0 Å². The van der Waals surface area contributed by atoms with Crippen LogP contribution in [-0.4, -0.2) is 29.7 Å². The topological polar surface area (TPSA) is 58.1 Å². The fraction of sp³-hybridized carbons (Fsp3) is 0.353. The summed E-state index contributed by atoms with van der Waals surface area (Å²) in [5.41, 5.74) is 1.54. The summed E-state index contributed by atoms with van der Waals surface area (Å²) in [6.07, 6.45) is 0. The molecule has 0 radical (unpaired) electrons. The van der Waals surface area contributed by atoms with E-state index in [4.69, 9.17) is 0 Å². The van der Waals surface area contributed by atoms with E-state index in [1.54, 1.807) is 6.07 Å². The third-order valence-electron chi connectivity index (χ3n) is 3.21. The van der Waals surface area contributed by atoms with Crippen LogP contribution < -0.4 is 10.2 Å². The van der Waals surface area contributed by atoms with Crippen LogP contribution in [0, 0.1) is 5.92 Å². The van der Waals surface area contributed by atoms with E-state index in [1.807, 2.05) is 50.1 Å². The Morgan fingerprint density at radius 3 is 2.45 bits per heavy atom. The molecule has 1 aromatic heterocycles. The van der Waals surface area contributed by atoms with Gasteiger partial charge in [-0.1, -0.05) is 44.2 Å². The second-order valence-corrected chi connectivity index (χ2v) is 5.72. The largest absolute Gasteiger partial charge is 0.354 e. The maximum atomic E-state index is 11.9. The van der Waals surface area contributed by atoms with Crippen LogP contribution in [0.5, 0.6) is 0 Å². The number of carbonyl (C=O) groups is 1. The predicted molar refractivity (Wildman–Crippen MR) is 87.8 cm³/mol. The highest BCUT2D eigenvalue weighted by molar-refractivity contribution is 5.92. The maximum Gasteiger partial charge on any atom is 0.271 e. The average molecular weight is 298 g/mol. The van der Waals surface area contributed by atoms with E-state index < -0.39 is 0 Å². The summed E-state index contributed by atoms with van der Waals surface area (Å²) < 4.78 is 0. The Kier molecular flexibility index (Phi) is 5.47. The Balaban J connectivity index is 1.97. The van der Waals surface area contributed by atoms with Gasteiger partial charge in [-0.2, -0.15) is 0 Å². The minimum absolute atomic E-state index is 0.182. The first-order chi connectivity index (χ1) is 10.6. The summed E-state index contributed by atoms with van der Waals surface area (Å²) in [6.45, 7) is 5.48. The lowest BCUT2D eigenvalue weighted by Crippen LogP contribution is -2.28. The van der Waals surface area contributed by atoms with Gasteiger partial charge in [0.25, 0.3) is 5.91 Å². The molecule has 0 unspecified atom stereocenters. The smallest absolute Gasteiger partial charge is 0.271 e. The number of hydrogen-bond donors (Lipinski definition) is 1. The third kappa shape index (κ3) is 4.55. The van der Waals surface area contributed by atoms with Gasteiger partial charge in [0.15, 0.2) is 11.5 Å². The first-order valence-corrected chi connectivity index (χ1v) is 7.43. The van der Waals surface area contributed by atoms with E-state index in [9.17, 15) is 4.79 Å². The molecule has 22 heavy (non-hydrogen) atoms. The van der Waals surface area contributed by atoms with Crippen molar-refractivity contribution >= 4 is 11.7 Å². The second kappa shape index (κ2) is 7.54. The molecule has 5 nitrogen and oxygen atoms in total. The van der Waals surface area contributed by atoms with Crippen LogP contribution in [0.15, 0.2) is 42.5 Å². The second-order valence-electron chi connectivity index (χ2n) is 5.72. The Hall–Kier alpha value is -2.43. The quantitative estimate of drug-likeness (QED) is 0.890. The third-order valence-corrected chi connectivity index (χ3v) is 3.21. The molecule has 0 saturated carbocycles.